The van der Waals surface area contributed by atoms with Crippen LogP contribution in [0.5, 0.6) is 0 Å². The maximum Gasteiger partial charge on any atom is 0.0406 e. The van der Waals surface area contributed by atoms with Crippen LogP contribution in [0.4, 0.5) is 0 Å². The third kappa shape index (κ3) is 2.16. The molecule has 1 nitrogen and oxygen atoms in total. The van der Waals surface area contributed by atoms with E-state index < -0.39 is 0 Å². The molecule has 1 heterocycles. The Morgan fingerprint density at radius 1 is 1.11 bits per heavy atom. The van der Waals surface area contributed by atoms with Crippen molar-refractivity contribution in [2.75, 3.05) is 7.05 Å². The average molecular weight is 258 g/mol. The molecule has 1 atom stereocenters. The molecule has 2 heteroatoms. The first-order valence-corrected chi connectivity index (χ1v) is 6.64. The van der Waals surface area contributed by atoms with Gasteiger partial charge in [0.25, 0.3) is 0 Å². The average Bonchev–Trinajstić information content (AvgIpc) is 2.69. The SMILES string of the molecule is CN1Cc2ccccc2C1Cc1ccc(Cl)cc1. The second-order valence-corrected chi connectivity index (χ2v) is 5.40. The van der Waals surface area contributed by atoms with Crippen molar-refractivity contribution in [3.63, 3.8) is 0 Å². The lowest BCUT2D eigenvalue weighted by Gasteiger charge is -2.20. The predicted molar refractivity (Wildman–Crippen MR) is 75.8 cm³/mol. The molecule has 0 spiro atoms. The second-order valence-electron chi connectivity index (χ2n) is 4.96. The number of hydrogen-bond donors (Lipinski definition) is 0. The molecule has 0 aliphatic carbocycles. The highest BCUT2D eigenvalue weighted by molar-refractivity contribution is 6.30. The Labute approximate surface area is 113 Å². The molecular formula is C16H16ClN. The van der Waals surface area contributed by atoms with Crippen LogP contribution in [-0.2, 0) is 13.0 Å². The van der Waals surface area contributed by atoms with Crippen LogP contribution in [0.1, 0.15) is 22.7 Å². The van der Waals surface area contributed by atoms with E-state index in [1.807, 2.05) is 12.1 Å². The lowest BCUT2D eigenvalue weighted by molar-refractivity contribution is 0.267. The van der Waals surface area contributed by atoms with Gasteiger partial charge in [0.2, 0.25) is 0 Å². The van der Waals surface area contributed by atoms with Gasteiger partial charge in [-0.1, -0.05) is 48.0 Å². The van der Waals surface area contributed by atoms with E-state index in [-0.39, 0.29) is 0 Å². The van der Waals surface area contributed by atoms with Crippen molar-refractivity contribution in [2.45, 2.75) is 19.0 Å². The van der Waals surface area contributed by atoms with Gasteiger partial charge in [0.1, 0.15) is 0 Å². The van der Waals surface area contributed by atoms with E-state index in [2.05, 4.69) is 48.3 Å². The van der Waals surface area contributed by atoms with Gasteiger partial charge in [0.05, 0.1) is 0 Å². The van der Waals surface area contributed by atoms with E-state index in [0.717, 1.165) is 18.0 Å². The molecule has 0 bridgehead atoms. The van der Waals surface area contributed by atoms with Crippen LogP contribution in [-0.4, -0.2) is 11.9 Å². The Balaban J connectivity index is 1.87. The molecule has 0 fully saturated rings. The summed E-state index contributed by atoms with van der Waals surface area (Å²) in [6.07, 6.45) is 1.05. The molecule has 1 unspecified atom stereocenters. The van der Waals surface area contributed by atoms with Crippen LogP contribution < -0.4 is 0 Å². The highest BCUT2D eigenvalue weighted by atomic mass is 35.5. The summed E-state index contributed by atoms with van der Waals surface area (Å²) in [5.74, 6) is 0. The fourth-order valence-corrected chi connectivity index (χ4v) is 2.86. The molecule has 0 saturated heterocycles. The maximum absolute atomic E-state index is 5.93. The minimum Gasteiger partial charge on any atom is -0.295 e. The quantitative estimate of drug-likeness (QED) is 0.784. The number of benzene rings is 2. The summed E-state index contributed by atoms with van der Waals surface area (Å²) in [4.78, 5) is 2.42. The van der Waals surface area contributed by atoms with E-state index in [9.17, 15) is 0 Å². The van der Waals surface area contributed by atoms with Crippen LogP contribution in [0.25, 0.3) is 0 Å². The van der Waals surface area contributed by atoms with Crippen LogP contribution in [0, 0.1) is 0 Å². The van der Waals surface area contributed by atoms with Crippen molar-refractivity contribution in [3.8, 4) is 0 Å². The number of halogens is 1. The van der Waals surface area contributed by atoms with E-state index in [0.29, 0.717) is 6.04 Å². The molecule has 0 aromatic heterocycles. The summed E-state index contributed by atoms with van der Waals surface area (Å²) in [7, 11) is 2.20. The largest absolute Gasteiger partial charge is 0.295 e. The minimum atomic E-state index is 0.488. The van der Waals surface area contributed by atoms with Crippen molar-refractivity contribution in [3.05, 3.63) is 70.2 Å². The van der Waals surface area contributed by atoms with E-state index >= 15 is 0 Å². The van der Waals surface area contributed by atoms with Crippen LogP contribution >= 0.6 is 11.6 Å². The number of fused-ring (bicyclic) bond motifs is 1. The molecule has 0 saturated carbocycles. The highest BCUT2D eigenvalue weighted by Crippen LogP contribution is 2.34. The first-order valence-electron chi connectivity index (χ1n) is 6.26. The Hall–Kier alpha value is -1.31. The molecule has 0 amide bonds. The van der Waals surface area contributed by atoms with Gasteiger partial charge in [-0.25, -0.2) is 0 Å². The normalized spacial score (nSPS) is 18.9. The summed E-state index contributed by atoms with van der Waals surface area (Å²) < 4.78 is 0. The Kier molecular flexibility index (Phi) is 3.11. The van der Waals surface area contributed by atoms with Gasteiger partial charge >= 0.3 is 0 Å². The first-order chi connectivity index (χ1) is 8.74. The van der Waals surface area contributed by atoms with Crippen LogP contribution in [0.15, 0.2) is 48.5 Å². The van der Waals surface area contributed by atoms with Gasteiger partial charge in [0.15, 0.2) is 0 Å². The van der Waals surface area contributed by atoms with E-state index in [1.165, 1.54) is 16.7 Å². The second kappa shape index (κ2) is 4.75. The zero-order valence-corrected chi connectivity index (χ0v) is 11.2. The van der Waals surface area contributed by atoms with Gasteiger partial charge in [-0.15, -0.1) is 0 Å². The van der Waals surface area contributed by atoms with Gasteiger partial charge in [-0.3, -0.25) is 4.90 Å². The van der Waals surface area contributed by atoms with Crippen molar-refractivity contribution < 1.29 is 0 Å². The summed E-state index contributed by atoms with van der Waals surface area (Å²) in [6, 6.07) is 17.4. The topological polar surface area (TPSA) is 3.24 Å². The third-order valence-corrected chi connectivity index (χ3v) is 3.96. The van der Waals surface area contributed by atoms with Gasteiger partial charge in [-0.05, 0) is 42.3 Å². The van der Waals surface area contributed by atoms with Crippen molar-refractivity contribution in [1.29, 1.82) is 0 Å². The predicted octanol–water partition coefficient (Wildman–Crippen LogP) is 4.07. The summed E-state index contributed by atoms with van der Waals surface area (Å²) in [5, 5.41) is 0.805. The Morgan fingerprint density at radius 3 is 2.61 bits per heavy atom. The van der Waals surface area contributed by atoms with Gasteiger partial charge in [0, 0.05) is 17.6 Å². The number of rotatable bonds is 2. The molecule has 2 aromatic rings. The Morgan fingerprint density at radius 2 is 1.83 bits per heavy atom. The molecule has 18 heavy (non-hydrogen) atoms. The van der Waals surface area contributed by atoms with Gasteiger partial charge < -0.3 is 0 Å². The van der Waals surface area contributed by atoms with Gasteiger partial charge in [-0.2, -0.15) is 0 Å². The number of likely N-dealkylation sites (N-methyl/N-ethyl adjacent to an activating group) is 1. The van der Waals surface area contributed by atoms with E-state index in [1.54, 1.807) is 0 Å². The molecule has 92 valence electrons. The standard InChI is InChI=1S/C16H16ClN/c1-18-11-13-4-2-3-5-15(13)16(18)10-12-6-8-14(17)9-7-12/h2-9,16H,10-11H2,1H3. The summed E-state index contributed by atoms with van der Waals surface area (Å²) in [5.41, 5.74) is 4.27. The molecule has 2 aromatic carbocycles. The lowest BCUT2D eigenvalue weighted by Crippen LogP contribution is -2.18. The fraction of sp³-hybridized carbons (Fsp3) is 0.250. The zero-order valence-electron chi connectivity index (χ0n) is 10.4. The molecular weight excluding hydrogens is 242 g/mol. The van der Waals surface area contributed by atoms with E-state index in [4.69, 9.17) is 11.6 Å². The summed E-state index contributed by atoms with van der Waals surface area (Å²) in [6.45, 7) is 1.05. The Bertz CT molecular complexity index is 547. The van der Waals surface area contributed by atoms with Crippen molar-refractivity contribution >= 4 is 11.6 Å². The van der Waals surface area contributed by atoms with Crippen LogP contribution in [0.2, 0.25) is 5.02 Å². The zero-order chi connectivity index (χ0) is 12.5. The highest BCUT2D eigenvalue weighted by Gasteiger charge is 2.26. The number of hydrogen-bond acceptors (Lipinski definition) is 1. The third-order valence-electron chi connectivity index (χ3n) is 3.71. The molecule has 1 aliphatic rings. The molecule has 3 rings (SSSR count). The fourth-order valence-electron chi connectivity index (χ4n) is 2.73. The monoisotopic (exact) mass is 257 g/mol. The van der Waals surface area contributed by atoms with Crippen LogP contribution in [0.3, 0.4) is 0 Å². The maximum atomic E-state index is 5.93. The summed E-state index contributed by atoms with van der Waals surface area (Å²) >= 11 is 5.93. The molecule has 1 aliphatic heterocycles. The number of nitrogens with zero attached hydrogens (tertiary/aromatic N) is 1. The van der Waals surface area contributed by atoms with Crippen molar-refractivity contribution in [1.82, 2.24) is 4.90 Å². The molecule has 0 N–H and O–H groups in total. The first kappa shape index (κ1) is 11.8. The smallest absolute Gasteiger partial charge is 0.0406 e. The van der Waals surface area contributed by atoms with Crippen molar-refractivity contribution in [2.24, 2.45) is 0 Å². The lowest BCUT2D eigenvalue weighted by atomic mass is 9.98. The minimum absolute atomic E-state index is 0.488. The molecule has 0 radical (unpaired) electrons.